The number of ether oxygens (including phenoxy) is 2. The van der Waals surface area contributed by atoms with Crippen LogP contribution in [0.2, 0.25) is 0 Å². The average Bonchev–Trinajstić information content (AvgIpc) is 3.34. The quantitative estimate of drug-likeness (QED) is 0.180. The first kappa shape index (κ1) is 27.3. The third-order valence-corrected chi connectivity index (χ3v) is 6.80. The van der Waals surface area contributed by atoms with E-state index < -0.39 is 5.82 Å². The molecule has 3 aromatic heterocycles. The molecule has 0 bridgehead atoms. The first-order valence-corrected chi connectivity index (χ1v) is 13.9. The molecule has 0 fully saturated rings. The van der Waals surface area contributed by atoms with Crippen molar-refractivity contribution in [3.8, 4) is 22.9 Å². The summed E-state index contributed by atoms with van der Waals surface area (Å²) >= 11 is 1.57. The Morgan fingerprint density at radius 1 is 1.18 bits per heavy atom. The second kappa shape index (κ2) is 11.0. The summed E-state index contributed by atoms with van der Waals surface area (Å²) in [6.45, 7) is 8.12. The summed E-state index contributed by atoms with van der Waals surface area (Å²) in [5.41, 5.74) is 2.08. The van der Waals surface area contributed by atoms with Crippen LogP contribution in [0.25, 0.3) is 5.69 Å². The maximum absolute atomic E-state index is 14.0. The van der Waals surface area contributed by atoms with E-state index in [2.05, 4.69) is 46.7 Å². The minimum atomic E-state index is -0.432. The molecule has 1 unspecified atom stereocenters. The summed E-state index contributed by atoms with van der Waals surface area (Å²) in [5.74, 6) is 1.81. The van der Waals surface area contributed by atoms with Crippen LogP contribution in [-0.2, 0) is 10.2 Å². The number of fused-ring (bicyclic) bond motifs is 1. The molecule has 1 amide bonds. The highest BCUT2D eigenvalue weighted by Crippen LogP contribution is 2.40. The number of amides is 1. The number of rotatable bonds is 8. The second-order valence-corrected chi connectivity index (χ2v) is 11.1. The molecule has 40 heavy (non-hydrogen) atoms. The number of pyridine rings is 2. The lowest BCUT2D eigenvalue weighted by Crippen LogP contribution is -2.26. The summed E-state index contributed by atoms with van der Waals surface area (Å²) < 4.78 is 27.3. The number of carbonyl (C=O) groups is 1. The van der Waals surface area contributed by atoms with Crippen molar-refractivity contribution >= 4 is 35.0 Å². The van der Waals surface area contributed by atoms with Crippen LogP contribution >= 0.6 is 11.8 Å². The lowest BCUT2D eigenvalue weighted by molar-refractivity contribution is -0.118. The van der Waals surface area contributed by atoms with Gasteiger partial charge in [0.1, 0.15) is 17.4 Å². The maximum atomic E-state index is 14.0. The van der Waals surface area contributed by atoms with Crippen LogP contribution in [0.5, 0.6) is 17.2 Å². The van der Waals surface area contributed by atoms with E-state index in [1.54, 1.807) is 34.9 Å². The summed E-state index contributed by atoms with van der Waals surface area (Å²) in [4.78, 5) is 20.7. The van der Waals surface area contributed by atoms with Crippen LogP contribution in [0.3, 0.4) is 0 Å². The van der Waals surface area contributed by atoms with Gasteiger partial charge in [-0.25, -0.2) is 14.1 Å². The molecule has 0 spiro atoms. The van der Waals surface area contributed by atoms with Crippen molar-refractivity contribution in [1.82, 2.24) is 19.7 Å². The number of nitrogens with one attached hydrogen (secondary N) is 3. The molecule has 0 radical (unpaired) electrons. The van der Waals surface area contributed by atoms with Crippen LogP contribution in [0, 0.1) is 5.82 Å². The molecule has 0 saturated carbocycles. The molecule has 4 heterocycles. The molecule has 4 aromatic rings. The van der Waals surface area contributed by atoms with Crippen LogP contribution in [0.15, 0.2) is 59.9 Å². The first-order chi connectivity index (χ1) is 19.1. The van der Waals surface area contributed by atoms with Gasteiger partial charge >= 0.3 is 0 Å². The highest BCUT2D eigenvalue weighted by molar-refractivity contribution is 7.98. The molecule has 1 aliphatic rings. The number of anilines is 3. The number of hydrogen-bond donors (Lipinski definition) is 3. The Morgan fingerprint density at radius 3 is 2.75 bits per heavy atom. The summed E-state index contributed by atoms with van der Waals surface area (Å²) in [6, 6.07) is 10.8. The minimum Gasteiger partial charge on any atom is -0.476 e. The number of halogens is 1. The fraction of sp³-hybridized carbons (Fsp3) is 0.286. The SMILES string of the molecule is CSc1cc(Oc2ccnc3c2OCC(=O)N3)ccc1NC(C)Nc1cc(C(C)(C)C)nn1-c1cncc(F)c1. The Bertz CT molecular complexity index is 1550. The van der Waals surface area contributed by atoms with Gasteiger partial charge in [-0.1, -0.05) is 20.8 Å². The Balaban J connectivity index is 1.35. The third-order valence-electron chi connectivity index (χ3n) is 6.02. The fourth-order valence-electron chi connectivity index (χ4n) is 4.08. The van der Waals surface area contributed by atoms with Crippen molar-refractivity contribution in [2.24, 2.45) is 0 Å². The lowest BCUT2D eigenvalue weighted by Gasteiger charge is -2.21. The smallest absolute Gasteiger partial charge is 0.263 e. The van der Waals surface area contributed by atoms with Crippen LogP contribution in [0.1, 0.15) is 33.4 Å². The van der Waals surface area contributed by atoms with Crippen LogP contribution in [0.4, 0.5) is 21.7 Å². The van der Waals surface area contributed by atoms with Gasteiger partial charge in [0.2, 0.25) is 5.75 Å². The molecule has 1 aromatic carbocycles. The van der Waals surface area contributed by atoms with Gasteiger partial charge in [-0.3, -0.25) is 9.78 Å². The number of nitrogens with zero attached hydrogens (tertiary/aromatic N) is 4. The van der Waals surface area contributed by atoms with E-state index in [4.69, 9.17) is 14.6 Å². The number of benzene rings is 1. The zero-order valence-corrected chi connectivity index (χ0v) is 23.6. The van der Waals surface area contributed by atoms with Gasteiger partial charge in [0, 0.05) is 40.4 Å². The van der Waals surface area contributed by atoms with Crippen molar-refractivity contribution in [1.29, 1.82) is 0 Å². The van der Waals surface area contributed by atoms with E-state index in [1.807, 2.05) is 37.4 Å². The van der Waals surface area contributed by atoms with E-state index in [-0.39, 0.29) is 24.1 Å². The van der Waals surface area contributed by atoms with Gasteiger partial charge in [0.25, 0.3) is 5.91 Å². The highest BCUT2D eigenvalue weighted by atomic mass is 32.2. The van der Waals surface area contributed by atoms with Crippen LogP contribution < -0.4 is 25.4 Å². The molecule has 0 aliphatic carbocycles. The standard InChI is InChI=1S/C28H30FN7O3S/c1-16(33-24-12-23(28(2,3)4)35-36(24)18-10-17(29)13-30-14-18)32-20-7-6-19(11-22(20)40-5)39-21-8-9-31-27-26(21)38-15-25(37)34-27/h6-14,16,32-33H,15H2,1-5H3,(H,31,34,37). The molecule has 5 rings (SSSR count). The van der Waals surface area contributed by atoms with Crippen molar-refractivity contribution < 1.29 is 18.7 Å². The molecule has 1 atom stereocenters. The van der Waals surface area contributed by atoms with E-state index in [0.717, 1.165) is 16.3 Å². The number of aromatic nitrogens is 4. The lowest BCUT2D eigenvalue weighted by atomic mass is 9.92. The van der Waals surface area contributed by atoms with Crippen molar-refractivity contribution in [2.75, 3.05) is 28.8 Å². The van der Waals surface area contributed by atoms with Crippen molar-refractivity contribution in [3.05, 3.63) is 66.5 Å². The van der Waals surface area contributed by atoms with Crippen LogP contribution in [-0.4, -0.2) is 44.7 Å². The normalized spacial score (nSPS) is 13.6. The zero-order chi connectivity index (χ0) is 28.4. The summed E-state index contributed by atoms with van der Waals surface area (Å²) in [7, 11) is 0. The van der Waals surface area contributed by atoms with Gasteiger partial charge in [-0.2, -0.15) is 5.10 Å². The predicted molar refractivity (Wildman–Crippen MR) is 153 cm³/mol. The topological polar surface area (TPSA) is 115 Å². The summed E-state index contributed by atoms with van der Waals surface area (Å²) in [6.07, 6.45) is 6.07. The monoisotopic (exact) mass is 563 g/mol. The van der Waals surface area contributed by atoms with Gasteiger partial charge < -0.3 is 25.4 Å². The van der Waals surface area contributed by atoms with E-state index in [9.17, 15) is 9.18 Å². The molecule has 3 N–H and O–H groups in total. The predicted octanol–water partition coefficient (Wildman–Crippen LogP) is 5.81. The van der Waals surface area contributed by atoms with Crippen molar-refractivity contribution in [2.45, 2.75) is 44.2 Å². The van der Waals surface area contributed by atoms with Crippen molar-refractivity contribution in [3.63, 3.8) is 0 Å². The Labute approximate surface area is 235 Å². The van der Waals surface area contributed by atoms with E-state index in [0.29, 0.717) is 34.6 Å². The molecular formula is C28H30FN7O3S. The maximum Gasteiger partial charge on any atom is 0.263 e. The zero-order valence-electron chi connectivity index (χ0n) is 22.8. The van der Waals surface area contributed by atoms with E-state index in [1.165, 1.54) is 12.3 Å². The fourth-order valence-corrected chi connectivity index (χ4v) is 4.66. The largest absolute Gasteiger partial charge is 0.476 e. The molecule has 208 valence electrons. The summed E-state index contributed by atoms with van der Waals surface area (Å²) in [5, 5.41) is 14.4. The van der Waals surface area contributed by atoms with Gasteiger partial charge in [0.15, 0.2) is 18.2 Å². The first-order valence-electron chi connectivity index (χ1n) is 12.6. The number of carbonyl (C=O) groups excluding carboxylic acids is 1. The van der Waals surface area contributed by atoms with E-state index >= 15 is 0 Å². The molecule has 12 heteroatoms. The van der Waals surface area contributed by atoms with Gasteiger partial charge in [0.05, 0.1) is 29.9 Å². The van der Waals surface area contributed by atoms with Gasteiger partial charge in [-0.05, 0) is 31.4 Å². The highest BCUT2D eigenvalue weighted by Gasteiger charge is 2.23. The number of hydrogen-bond acceptors (Lipinski definition) is 9. The molecule has 10 nitrogen and oxygen atoms in total. The minimum absolute atomic E-state index is 0.0925. The Hall–Kier alpha value is -4.32. The second-order valence-electron chi connectivity index (χ2n) is 10.2. The molecule has 1 aliphatic heterocycles. The Morgan fingerprint density at radius 2 is 2.00 bits per heavy atom. The molecule has 0 saturated heterocycles. The van der Waals surface area contributed by atoms with Gasteiger partial charge in [-0.15, -0.1) is 11.8 Å². The third kappa shape index (κ3) is 5.96. The molecular weight excluding hydrogens is 533 g/mol. The number of thioether (sulfide) groups is 1. The Kier molecular flexibility index (Phi) is 7.53. The average molecular weight is 564 g/mol.